The summed E-state index contributed by atoms with van der Waals surface area (Å²) in [5.74, 6) is -3.62. The number of aryl methyl sites for hydroxylation is 1. The van der Waals surface area contributed by atoms with Crippen molar-refractivity contribution in [3.05, 3.63) is 71.6 Å². The Morgan fingerprint density at radius 3 is 2.56 bits per heavy atom. The summed E-state index contributed by atoms with van der Waals surface area (Å²) < 4.78 is 43.1. The molecule has 1 aromatic carbocycles. The maximum atomic E-state index is 14.5. The van der Waals surface area contributed by atoms with Gasteiger partial charge in [0.15, 0.2) is 11.5 Å². The van der Waals surface area contributed by atoms with E-state index in [4.69, 9.17) is 0 Å². The van der Waals surface area contributed by atoms with Gasteiger partial charge in [0.25, 0.3) is 0 Å². The summed E-state index contributed by atoms with van der Waals surface area (Å²) in [6.45, 7) is 2.90. The molecule has 2 atom stereocenters. The van der Waals surface area contributed by atoms with Crippen LogP contribution in [0.25, 0.3) is 0 Å². The molecule has 0 aliphatic rings. The molecule has 0 aliphatic heterocycles. The van der Waals surface area contributed by atoms with E-state index in [1.54, 1.807) is 0 Å². The van der Waals surface area contributed by atoms with Crippen LogP contribution in [0.4, 0.5) is 13.2 Å². The summed E-state index contributed by atoms with van der Waals surface area (Å²) in [5.41, 5.74) is -2.52. The first kappa shape index (κ1) is 17.0. The normalized spacial score (nSPS) is 15.0. The number of halogens is 3. The lowest BCUT2D eigenvalue weighted by Gasteiger charge is -2.34. The first-order valence-electron chi connectivity index (χ1n) is 7.35. The minimum Gasteiger partial charge on any atom is -0.365 e. The van der Waals surface area contributed by atoms with Crippen molar-refractivity contribution >= 4 is 0 Å². The molecule has 2 heterocycles. The Kier molecular flexibility index (Phi) is 4.25. The van der Waals surface area contributed by atoms with Crippen LogP contribution < -0.4 is 0 Å². The lowest BCUT2D eigenvalue weighted by Crippen LogP contribution is -2.42. The second-order valence-corrected chi connectivity index (χ2v) is 5.57. The predicted molar refractivity (Wildman–Crippen MR) is 80.8 cm³/mol. The second-order valence-electron chi connectivity index (χ2n) is 5.57. The number of hydrogen-bond acceptors (Lipinski definition) is 5. The van der Waals surface area contributed by atoms with Crippen LogP contribution in [0.1, 0.15) is 29.8 Å². The van der Waals surface area contributed by atoms with Crippen LogP contribution in [-0.4, -0.2) is 29.8 Å². The molecule has 0 aliphatic carbocycles. The second kappa shape index (κ2) is 6.25. The largest absolute Gasteiger partial charge is 0.365 e. The number of rotatable bonds is 4. The van der Waals surface area contributed by atoms with Crippen molar-refractivity contribution in [3.63, 3.8) is 0 Å². The average molecular weight is 349 g/mol. The average Bonchev–Trinajstić information content (AvgIpc) is 3.11. The zero-order chi connectivity index (χ0) is 18.2. The van der Waals surface area contributed by atoms with Crippen LogP contribution in [0.2, 0.25) is 0 Å². The van der Waals surface area contributed by atoms with Crippen molar-refractivity contribution < 1.29 is 18.3 Å². The fourth-order valence-corrected chi connectivity index (χ4v) is 2.70. The van der Waals surface area contributed by atoms with E-state index >= 15 is 0 Å². The fourth-order valence-electron chi connectivity index (χ4n) is 2.70. The molecule has 3 rings (SSSR count). The highest BCUT2D eigenvalue weighted by atomic mass is 19.1. The summed E-state index contributed by atoms with van der Waals surface area (Å²) in [4.78, 5) is 11.4. The van der Waals surface area contributed by atoms with Gasteiger partial charge in [0.2, 0.25) is 0 Å². The molecule has 3 aromatic rings. The van der Waals surface area contributed by atoms with E-state index in [1.807, 2.05) is 0 Å². The summed E-state index contributed by atoms with van der Waals surface area (Å²) in [6.07, 6.45) is 3.44. The van der Waals surface area contributed by atoms with Crippen molar-refractivity contribution in [2.45, 2.75) is 25.5 Å². The lowest BCUT2D eigenvalue weighted by molar-refractivity contribution is -0.0346. The molecule has 0 bridgehead atoms. The third-order valence-electron chi connectivity index (χ3n) is 4.10. The van der Waals surface area contributed by atoms with Gasteiger partial charge in [-0.15, -0.1) is 0 Å². The minimum absolute atomic E-state index is 0.0809. The number of benzene rings is 1. The van der Waals surface area contributed by atoms with Crippen LogP contribution in [0, 0.1) is 24.4 Å². The molecular weight excluding hydrogens is 335 g/mol. The lowest BCUT2D eigenvalue weighted by atomic mass is 9.86. The molecule has 2 aromatic heterocycles. The van der Waals surface area contributed by atoms with Crippen LogP contribution in [0.5, 0.6) is 0 Å². The quantitative estimate of drug-likeness (QED) is 0.782. The molecule has 0 saturated carbocycles. The highest BCUT2D eigenvalue weighted by molar-refractivity contribution is 5.30. The SMILES string of the molecule is Cc1ncnc(C(C)C(O)(c2ccc(F)cc2F)n2cncn2)c1F. The van der Waals surface area contributed by atoms with Crippen molar-refractivity contribution in [1.82, 2.24) is 24.7 Å². The highest BCUT2D eigenvalue weighted by Gasteiger charge is 2.44. The molecule has 9 heteroatoms. The summed E-state index contributed by atoms with van der Waals surface area (Å²) >= 11 is 0. The number of nitrogens with zero attached hydrogens (tertiary/aromatic N) is 5. The number of aromatic nitrogens is 5. The molecule has 130 valence electrons. The Labute approximate surface area is 141 Å². The topological polar surface area (TPSA) is 76.7 Å². The molecule has 1 N–H and O–H groups in total. The van der Waals surface area contributed by atoms with Gasteiger partial charge >= 0.3 is 0 Å². The minimum atomic E-state index is -2.18. The Hall–Kier alpha value is -2.81. The number of aliphatic hydroxyl groups is 1. The highest BCUT2D eigenvalue weighted by Crippen LogP contribution is 2.39. The van der Waals surface area contributed by atoms with Crippen LogP contribution in [-0.2, 0) is 5.72 Å². The fraction of sp³-hybridized carbons (Fsp3) is 0.250. The molecule has 0 radical (unpaired) electrons. The third kappa shape index (κ3) is 2.76. The van der Waals surface area contributed by atoms with Gasteiger partial charge in [-0.1, -0.05) is 6.92 Å². The van der Waals surface area contributed by atoms with E-state index in [9.17, 15) is 18.3 Å². The van der Waals surface area contributed by atoms with Crippen molar-refractivity contribution in [3.8, 4) is 0 Å². The monoisotopic (exact) mass is 349 g/mol. The maximum Gasteiger partial charge on any atom is 0.197 e. The van der Waals surface area contributed by atoms with E-state index < -0.39 is 29.1 Å². The third-order valence-corrected chi connectivity index (χ3v) is 4.10. The first-order chi connectivity index (χ1) is 11.9. The molecule has 2 unspecified atom stereocenters. The van der Waals surface area contributed by atoms with Gasteiger partial charge in [0, 0.05) is 11.6 Å². The van der Waals surface area contributed by atoms with E-state index in [2.05, 4.69) is 20.1 Å². The molecule has 0 amide bonds. The summed E-state index contributed by atoms with van der Waals surface area (Å²) in [7, 11) is 0. The standard InChI is InChI=1S/C16H14F3N5O/c1-9(15-14(19)10(2)21-7-22-15)16(25,24-8-20-6-23-24)12-4-3-11(17)5-13(12)18/h3-9,25H,1-2H3. The zero-order valence-electron chi connectivity index (χ0n) is 13.4. The molecule has 0 fully saturated rings. The van der Waals surface area contributed by atoms with Gasteiger partial charge in [-0.2, -0.15) is 5.10 Å². The van der Waals surface area contributed by atoms with E-state index in [1.165, 1.54) is 13.8 Å². The molecule has 0 spiro atoms. The summed E-state index contributed by atoms with van der Waals surface area (Å²) in [6, 6.07) is 2.70. The first-order valence-corrected chi connectivity index (χ1v) is 7.35. The van der Waals surface area contributed by atoms with E-state index in [0.29, 0.717) is 6.07 Å². The summed E-state index contributed by atoms with van der Waals surface area (Å²) in [5, 5.41) is 15.2. The Balaban J connectivity index is 2.24. The van der Waals surface area contributed by atoms with Crippen molar-refractivity contribution in [1.29, 1.82) is 0 Å². The van der Waals surface area contributed by atoms with Crippen molar-refractivity contribution in [2.24, 2.45) is 0 Å². The zero-order valence-corrected chi connectivity index (χ0v) is 13.4. The predicted octanol–water partition coefficient (Wildman–Crippen LogP) is 2.29. The van der Waals surface area contributed by atoms with Crippen LogP contribution in [0.15, 0.2) is 37.2 Å². The molecular formula is C16H14F3N5O. The Morgan fingerprint density at radius 2 is 1.92 bits per heavy atom. The van der Waals surface area contributed by atoms with Gasteiger partial charge in [0.05, 0.1) is 17.3 Å². The molecule has 0 saturated heterocycles. The molecule has 25 heavy (non-hydrogen) atoms. The van der Waals surface area contributed by atoms with Gasteiger partial charge in [0.1, 0.15) is 30.6 Å². The van der Waals surface area contributed by atoms with Crippen LogP contribution >= 0.6 is 0 Å². The molecule has 6 nitrogen and oxygen atoms in total. The van der Waals surface area contributed by atoms with Crippen LogP contribution in [0.3, 0.4) is 0 Å². The Bertz CT molecular complexity index is 903. The Morgan fingerprint density at radius 1 is 1.16 bits per heavy atom. The van der Waals surface area contributed by atoms with Gasteiger partial charge < -0.3 is 5.11 Å². The van der Waals surface area contributed by atoms with E-state index in [-0.39, 0.29) is 17.0 Å². The maximum absolute atomic E-state index is 14.5. The van der Waals surface area contributed by atoms with Gasteiger partial charge in [-0.25, -0.2) is 32.8 Å². The number of hydrogen-bond donors (Lipinski definition) is 1. The van der Waals surface area contributed by atoms with E-state index in [0.717, 1.165) is 35.8 Å². The van der Waals surface area contributed by atoms with Crippen molar-refractivity contribution in [2.75, 3.05) is 0 Å². The smallest absolute Gasteiger partial charge is 0.197 e. The van der Waals surface area contributed by atoms with Gasteiger partial charge in [-0.3, -0.25) is 0 Å². The van der Waals surface area contributed by atoms with Gasteiger partial charge in [-0.05, 0) is 19.1 Å².